The zero-order valence-electron chi connectivity index (χ0n) is 22.4. The van der Waals surface area contributed by atoms with Gasteiger partial charge in [-0.15, -0.1) is 0 Å². The van der Waals surface area contributed by atoms with Gasteiger partial charge in [0, 0.05) is 31.4 Å². The molecular weight excluding hydrogens is 476 g/mol. The third kappa shape index (κ3) is 8.36. The van der Waals surface area contributed by atoms with E-state index in [0.717, 1.165) is 30.9 Å². The number of nitrogens with one attached hydrogen (secondary N) is 1. The predicted octanol–water partition coefficient (Wildman–Crippen LogP) is 3.46. The van der Waals surface area contributed by atoms with Crippen LogP contribution in [0.3, 0.4) is 0 Å². The molecule has 0 spiro atoms. The van der Waals surface area contributed by atoms with E-state index in [1.807, 2.05) is 19.9 Å². The third-order valence-corrected chi connectivity index (χ3v) is 6.55. The molecule has 9 nitrogen and oxygen atoms in total. The number of carbonyl (C=O) groups excluding carboxylic acids is 4. The maximum atomic E-state index is 13.2. The van der Waals surface area contributed by atoms with Crippen molar-refractivity contribution in [3.8, 4) is 0 Å². The Morgan fingerprint density at radius 1 is 1.03 bits per heavy atom. The molecule has 2 rings (SSSR count). The van der Waals surface area contributed by atoms with E-state index in [-0.39, 0.29) is 34.5 Å². The summed E-state index contributed by atoms with van der Waals surface area (Å²) >= 11 is 0. The molecule has 0 aromatic carbocycles. The Kier molecular flexibility index (Phi) is 11.2. The summed E-state index contributed by atoms with van der Waals surface area (Å²) in [6.45, 7) is 7.46. The minimum Gasteiger partial charge on any atom is -0.439 e. The number of amides is 2. The van der Waals surface area contributed by atoms with E-state index in [4.69, 9.17) is 19.9 Å². The summed E-state index contributed by atoms with van der Waals surface area (Å²) in [7, 11) is 2.99. The number of primary amides is 1. The summed E-state index contributed by atoms with van der Waals surface area (Å²) in [5.41, 5.74) is 6.54. The lowest BCUT2D eigenvalue weighted by Gasteiger charge is -2.27. The van der Waals surface area contributed by atoms with Crippen molar-refractivity contribution in [1.82, 2.24) is 5.32 Å². The lowest BCUT2D eigenvalue weighted by Crippen LogP contribution is -2.36. The van der Waals surface area contributed by atoms with Gasteiger partial charge in [-0.05, 0) is 50.2 Å². The molecule has 1 heterocycles. The summed E-state index contributed by atoms with van der Waals surface area (Å²) in [4.78, 5) is 49.9. The Morgan fingerprint density at radius 2 is 1.73 bits per heavy atom. The van der Waals surface area contributed by atoms with Crippen LogP contribution in [-0.2, 0) is 28.6 Å². The van der Waals surface area contributed by atoms with E-state index in [9.17, 15) is 19.2 Å². The van der Waals surface area contributed by atoms with Gasteiger partial charge < -0.3 is 25.3 Å². The number of carbonyl (C=O) groups is 4. The fraction of sp³-hybridized carbons (Fsp3) is 0.500. The number of fused-ring (bicyclic) bond motifs is 2. The first-order valence-electron chi connectivity index (χ1n) is 12.4. The van der Waals surface area contributed by atoms with E-state index in [1.54, 1.807) is 19.1 Å². The van der Waals surface area contributed by atoms with Gasteiger partial charge in [-0.3, -0.25) is 14.4 Å². The molecule has 2 amide bonds. The van der Waals surface area contributed by atoms with Gasteiger partial charge in [0.2, 0.25) is 5.78 Å². The molecule has 37 heavy (non-hydrogen) atoms. The first kappa shape index (κ1) is 29.9. The number of ether oxygens (including phenoxy) is 3. The van der Waals surface area contributed by atoms with Gasteiger partial charge in [0.1, 0.15) is 6.10 Å². The number of rotatable bonds is 3. The Bertz CT molecular complexity index is 1050. The van der Waals surface area contributed by atoms with Crippen molar-refractivity contribution in [2.45, 2.75) is 65.3 Å². The average Bonchev–Trinajstić information content (AvgIpc) is 2.82. The standard InChI is InChI=1S/C28H38N2O7/c1-16-9-7-10-17(2)25(36-6)21-14-20(31)15-22(24(21)32)30-27(33)18(3)11-8-12-23(35-5)26(19(4)13-16)37-28(29)34/h8,11-17,23,25-26H,7,9-10H2,1-6H3,(H2,29,34)(H,30,33)/b12-8-,18-11-,19-13-. The number of methoxy groups -OCH3 is 2. The number of nitrogens with two attached hydrogens (primary N) is 1. The van der Waals surface area contributed by atoms with Crippen LogP contribution in [0.25, 0.3) is 0 Å². The van der Waals surface area contributed by atoms with Gasteiger partial charge in [-0.2, -0.15) is 0 Å². The Balaban J connectivity index is 2.48. The first-order chi connectivity index (χ1) is 17.5. The number of allylic oxidation sites excluding steroid dienone is 6. The van der Waals surface area contributed by atoms with Gasteiger partial charge in [0.15, 0.2) is 11.9 Å². The number of Topliss-reactive ketones (excluding diaryl/α,β-unsaturated/α-hetero) is 1. The zero-order chi connectivity index (χ0) is 27.7. The first-order valence-corrected chi connectivity index (χ1v) is 12.4. The van der Waals surface area contributed by atoms with Crippen LogP contribution in [0.15, 0.2) is 58.9 Å². The number of hydrogen-bond acceptors (Lipinski definition) is 7. The molecule has 1 aliphatic heterocycles. The highest BCUT2D eigenvalue weighted by Crippen LogP contribution is 2.27. The zero-order valence-corrected chi connectivity index (χ0v) is 22.4. The second-order valence-corrected chi connectivity index (χ2v) is 9.59. The van der Waals surface area contributed by atoms with E-state index in [0.29, 0.717) is 0 Å². The molecular formula is C28H38N2O7. The Labute approximate surface area is 218 Å². The maximum absolute atomic E-state index is 13.2. The lowest BCUT2D eigenvalue weighted by atomic mass is 9.86. The molecule has 9 heteroatoms. The van der Waals surface area contributed by atoms with Crippen LogP contribution in [0.1, 0.15) is 47.0 Å². The minimum atomic E-state index is -0.919. The quantitative estimate of drug-likeness (QED) is 0.435. The molecule has 1 aliphatic carbocycles. The molecule has 3 N–H and O–H groups in total. The van der Waals surface area contributed by atoms with Gasteiger partial charge in [0.05, 0.1) is 11.8 Å². The average molecular weight is 515 g/mol. The van der Waals surface area contributed by atoms with Crippen molar-refractivity contribution in [3.63, 3.8) is 0 Å². The summed E-state index contributed by atoms with van der Waals surface area (Å²) < 4.78 is 16.6. The summed E-state index contributed by atoms with van der Waals surface area (Å²) in [5.74, 6) is -1.26. The monoisotopic (exact) mass is 514 g/mol. The molecule has 0 saturated heterocycles. The van der Waals surface area contributed by atoms with Crippen LogP contribution in [0.2, 0.25) is 0 Å². The van der Waals surface area contributed by atoms with Crippen LogP contribution in [0.5, 0.6) is 0 Å². The van der Waals surface area contributed by atoms with Crippen LogP contribution in [0.4, 0.5) is 4.79 Å². The van der Waals surface area contributed by atoms with Crippen molar-refractivity contribution in [3.05, 3.63) is 58.9 Å². The van der Waals surface area contributed by atoms with Crippen molar-refractivity contribution in [2.75, 3.05) is 14.2 Å². The van der Waals surface area contributed by atoms with Gasteiger partial charge >= 0.3 is 6.09 Å². The highest BCUT2D eigenvalue weighted by atomic mass is 16.6. The summed E-state index contributed by atoms with van der Waals surface area (Å²) in [6, 6.07) is 0. The minimum absolute atomic E-state index is 0.0583. The van der Waals surface area contributed by atoms with Crippen molar-refractivity contribution >= 4 is 23.6 Å². The van der Waals surface area contributed by atoms with E-state index in [1.165, 1.54) is 26.4 Å². The normalized spacial score (nSPS) is 32.2. The van der Waals surface area contributed by atoms with E-state index in [2.05, 4.69) is 12.2 Å². The third-order valence-electron chi connectivity index (χ3n) is 6.55. The molecule has 0 fully saturated rings. The molecule has 5 atom stereocenters. The number of hydrogen-bond donors (Lipinski definition) is 2. The highest BCUT2D eigenvalue weighted by Gasteiger charge is 2.32. The summed E-state index contributed by atoms with van der Waals surface area (Å²) in [6.07, 6.45) is 8.72. The predicted molar refractivity (Wildman–Crippen MR) is 139 cm³/mol. The molecule has 2 aliphatic rings. The van der Waals surface area contributed by atoms with E-state index >= 15 is 0 Å². The Hall–Kier alpha value is -3.30. The van der Waals surface area contributed by atoms with Gasteiger partial charge in [0.25, 0.3) is 5.91 Å². The van der Waals surface area contributed by atoms with Crippen LogP contribution in [0, 0.1) is 11.8 Å². The van der Waals surface area contributed by atoms with Crippen molar-refractivity contribution in [1.29, 1.82) is 0 Å². The lowest BCUT2D eigenvalue weighted by molar-refractivity contribution is -0.120. The summed E-state index contributed by atoms with van der Waals surface area (Å²) in [5, 5.41) is 2.55. The van der Waals surface area contributed by atoms with Crippen molar-refractivity contribution in [2.24, 2.45) is 17.6 Å². The van der Waals surface area contributed by atoms with Crippen LogP contribution in [-0.4, -0.2) is 56.1 Å². The number of ketones is 2. The molecule has 0 radical (unpaired) electrons. The maximum Gasteiger partial charge on any atom is 0.405 e. The molecule has 2 bridgehead atoms. The molecule has 5 unspecified atom stereocenters. The smallest absolute Gasteiger partial charge is 0.405 e. The molecule has 0 aromatic rings. The second kappa shape index (κ2) is 13.9. The molecule has 202 valence electrons. The molecule has 0 saturated carbocycles. The van der Waals surface area contributed by atoms with Crippen molar-refractivity contribution < 1.29 is 33.4 Å². The molecule has 0 aromatic heterocycles. The Morgan fingerprint density at radius 3 is 2.35 bits per heavy atom. The van der Waals surface area contributed by atoms with Crippen LogP contribution < -0.4 is 11.1 Å². The fourth-order valence-corrected chi connectivity index (χ4v) is 4.59. The highest BCUT2D eigenvalue weighted by molar-refractivity contribution is 6.22. The van der Waals surface area contributed by atoms with Crippen LogP contribution >= 0.6 is 0 Å². The van der Waals surface area contributed by atoms with E-state index < -0.39 is 36.1 Å². The largest absolute Gasteiger partial charge is 0.439 e. The van der Waals surface area contributed by atoms with Gasteiger partial charge in [-0.1, -0.05) is 44.6 Å². The topological polar surface area (TPSA) is 134 Å². The van der Waals surface area contributed by atoms with Gasteiger partial charge in [-0.25, -0.2) is 4.79 Å². The SMILES string of the molecule is COC1/C=C\C=C(\C)C(=O)NC2=CC(=O)C=C(C2=O)C(OC)C(C)CCCC(C)/C=C(/C)C1OC(N)=O. The second-order valence-electron chi connectivity index (χ2n) is 9.59. The fourth-order valence-electron chi connectivity index (χ4n) is 4.59.